The zero-order valence-corrected chi connectivity index (χ0v) is 16.2. The molecule has 1 aromatic rings. The van der Waals surface area contributed by atoms with Gasteiger partial charge in [-0.25, -0.2) is 0 Å². The van der Waals surface area contributed by atoms with E-state index in [9.17, 15) is 20.0 Å². The second kappa shape index (κ2) is 11.3. The Morgan fingerprint density at radius 2 is 2.07 bits per heavy atom. The minimum atomic E-state index is -0.869. The summed E-state index contributed by atoms with van der Waals surface area (Å²) in [5.41, 5.74) is 1.02. The van der Waals surface area contributed by atoms with E-state index in [1.807, 2.05) is 45.3 Å². The summed E-state index contributed by atoms with van der Waals surface area (Å²) in [6.07, 6.45) is -0.164. The molecule has 0 heterocycles. The number of nitrogens with one attached hydrogen (secondary N) is 1. The van der Waals surface area contributed by atoms with Gasteiger partial charge in [0.1, 0.15) is 25.0 Å². The number of quaternary nitrogens is 1. The Morgan fingerprint density at radius 3 is 2.74 bits per heavy atom. The number of para-hydroxylation sites is 1. The molecule has 0 spiro atoms. The third-order valence-electron chi connectivity index (χ3n) is 4.01. The molecule has 0 saturated heterocycles. The zero-order chi connectivity index (χ0) is 20.3. The van der Waals surface area contributed by atoms with Gasteiger partial charge in [-0.3, -0.25) is 4.79 Å². The second-order valence-electron chi connectivity index (χ2n) is 7.08. The molecule has 9 nitrogen and oxygen atoms in total. The van der Waals surface area contributed by atoms with Crippen molar-refractivity contribution in [1.29, 1.82) is 0 Å². The summed E-state index contributed by atoms with van der Waals surface area (Å²) in [5.74, 6) is 0.584. The number of aliphatic hydroxyl groups excluding tert-OH is 1. The lowest BCUT2D eigenvalue weighted by atomic mass is 10.2. The maximum absolute atomic E-state index is 11.7. The van der Waals surface area contributed by atoms with E-state index in [0.29, 0.717) is 30.5 Å². The molecule has 0 aliphatic carbocycles. The Morgan fingerprint density at radius 1 is 1.37 bits per heavy atom. The van der Waals surface area contributed by atoms with Crippen molar-refractivity contribution in [1.82, 2.24) is 5.32 Å². The number of carbonyl (C=O) groups is 1. The minimum absolute atomic E-state index is 0.0882. The van der Waals surface area contributed by atoms with Gasteiger partial charge in [-0.1, -0.05) is 18.2 Å². The summed E-state index contributed by atoms with van der Waals surface area (Å²) < 4.78 is 6.19. The van der Waals surface area contributed by atoms with Crippen molar-refractivity contribution in [2.75, 3.05) is 46.9 Å². The lowest BCUT2D eigenvalue weighted by Crippen LogP contribution is -2.50. The maximum Gasteiger partial charge on any atom is 0.294 e. The van der Waals surface area contributed by atoms with Gasteiger partial charge >= 0.3 is 0 Å². The summed E-state index contributed by atoms with van der Waals surface area (Å²) in [6, 6.07) is 7.64. The Labute approximate surface area is 159 Å². The van der Waals surface area contributed by atoms with E-state index in [4.69, 9.17) is 4.74 Å². The zero-order valence-electron chi connectivity index (χ0n) is 16.2. The molecule has 0 aliphatic heterocycles. The fourth-order valence-electron chi connectivity index (χ4n) is 2.58. The Hall–Kier alpha value is -2.39. The highest BCUT2D eigenvalue weighted by atomic mass is 16.9. The van der Waals surface area contributed by atoms with E-state index in [2.05, 4.69) is 10.2 Å². The van der Waals surface area contributed by atoms with Crippen molar-refractivity contribution in [2.45, 2.75) is 25.9 Å². The fraction of sp³-hybridized carbons (Fsp3) is 0.611. The summed E-state index contributed by atoms with van der Waals surface area (Å²) in [4.78, 5) is 25.8. The topological polar surface area (TPSA) is 111 Å². The number of rotatable bonds is 13. The number of nitrogens with zero attached hydrogens (tertiary/aromatic N) is 2. The number of amides is 1. The van der Waals surface area contributed by atoms with Crippen LogP contribution in [0.1, 0.15) is 18.4 Å². The molecular formula is C18H30N3O6+. The first-order valence-electron chi connectivity index (χ1n) is 8.92. The number of hydrogen-bond acceptors (Lipinski definition) is 6. The first-order valence-corrected chi connectivity index (χ1v) is 8.92. The maximum atomic E-state index is 11.7. The van der Waals surface area contributed by atoms with Crippen LogP contribution in [0.5, 0.6) is 5.75 Å². The van der Waals surface area contributed by atoms with Gasteiger partial charge in [0.15, 0.2) is 0 Å². The van der Waals surface area contributed by atoms with Crippen LogP contribution in [0.3, 0.4) is 0 Å². The Kier molecular flexibility index (Phi) is 9.52. The molecule has 9 heteroatoms. The standard InChI is InChI=1S/C18H29N3O6/c1-15-7-4-5-8-17(15)26-14-16(22)13-21(2,3)11-10-19-18(23)9-6-12-27-20(24)25/h4-5,7-8,16,22H,6,9-14H2,1-3H3/p+1. The van der Waals surface area contributed by atoms with E-state index < -0.39 is 11.2 Å². The van der Waals surface area contributed by atoms with E-state index in [-0.39, 0.29) is 25.5 Å². The Bertz CT molecular complexity index is 609. The van der Waals surface area contributed by atoms with Crippen LogP contribution in [0.15, 0.2) is 24.3 Å². The van der Waals surface area contributed by atoms with Crippen molar-refractivity contribution in [3.63, 3.8) is 0 Å². The van der Waals surface area contributed by atoms with Crippen molar-refractivity contribution in [3.8, 4) is 5.75 Å². The first kappa shape index (κ1) is 22.7. The number of aliphatic hydroxyl groups is 1. The molecule has 0 fully saturated rings. The number of ether oxygens (including phenoxy) is 1. The SMILES string of the molecule is Cc1ccccc1OCC(O)C[N+](C)(C)CCNC(=O)CCCO[N+](=O)[O-]. The van der Waals surface area contributed by atoms with Crippen LogP contribution in [0.25, 0.3) is 0 Å². The fourth-order valence-corrected chi connectivity index (χ4v) is 2.58. The molecule has 0 radical (unpaired) electrons. The van der Waals surface area contributed by atoms with Crippen molar-refractivity contribution >= 4 is 5.91 Å². The predicted octanol–water partition coefficient (Wildman–Crippen LogP) is 0.916. The molecule has 1 amide bonds. The quantitative estimate of drug-likeness (QED) is 0.226. The highest BCUT2D eigenvalue weighted by molar-refractivity contribution is 5.75. The predicted molar refractivity (Wildman–Crippen MR) is 99.7 cm³/mol. The average Bonchev–Trinajstić information content (AvgIpc) is 2.57. The van der Waals surface area contributed by atoms with Crippen LogP contribution >= 0.6 is 0 Å². The highest BCUT2D eigenvalue weighted by Crippen LogP contribution is 2.16. The van der Waals surface area contributed by atoms with Gasteiger partial charge in [0.05, 0.1) is 33.8 Å². The van der Waals surface area contributed by atoms with Crippen LogP contribution in [0, 0.1) is 17.0 Å². The van der Waals surface area contributed by atoms with Crippen LogP contribution < -0.4 is 10.1 Å². The van der Waals surface area contributed by atoms with E-state index in [1.165, 1.54) is 0 Å². The number of benzene rings is 1. The summed E-state index contributed by atoms with van der Waals surface area (Å²) in [7, 11) is 3.93. The lowest BCUT2D eigenvalue weighted by Gasteiger charge is -2.32. The smallest absolute Gasteiger partial charge is 0.294 e. The molecule has 152 valence electrons. The van der Waals surface area contributed by atoms with Crippen LogP contribution in [-0.4, -0.2) is 73.6 Å². The minimum Gasteiger partial charge on any atom is -0.490 e. The van der Waals surface area contributed by atoms with Gasteiger partial charge in [-0.15, -0.1) is 10.1 Å². The van der Waals surface area contributed by atoms with Crippen molar-refractivity contribution in [3.05, 3.63) is 39.9 Å². The third kappa shape index (κ3) is 10.4. The lowest BCUT2D eigenvalue weighted by molar-refractivity contribution is -0.892. The molecular weight excluding hydrogens is 354 g/mol. The number of hydrogen-bond donors (Lipinski definition) is 2. The molecule has 0 aliphatic rings. The molecule has 1 atom stereocenters. The third-order valence-corrected chi connectivity index (χ3v) is 4.01. The molecule has 1 unspecified atom stereocenters. The number of likely N-dealkylation sites (N-methyl/N-ethyl adjacent to an activating group) is 1. The number of carbonyl (C=O) groups excluding carboxylic acids is 1. The normalized spacial score (nSPS) is 12.3. The van der Waals surface area contributed by atoms with E-state index >= 15 is 0 Å². The summed E-state index contributed by atoms with van der Waals surface area (Å²) in [5, 5.41) is 22.1. The largest absolute Gasteiger partial charge is 0.490 e. The highest BCUT2D eigenvalue weighted by Gasteiger charge is 2.21. The second-order valence-corrected chi connectivity index (χ2v) is 7.08. The van der Waals surface area contributed by atoms with Crippen LogP contribution in [0.4, 0.5) is 0 Å². The molecule has 0 aromatic heterocycles. The van der Waals surface area contributed by atoms with Gasteiger partial charge < -0.3 is 24.5 Å². The number of aryl methyl sites for hydroxylation is 1. The molecule has 2 N–H and O–H groups in total. The van der Waals surface area contributed by atoms with Crippen molar-refractivity contribution < 1.29 is 29.0 Å². The van der Waals surface area contributed by atoms with Gasteiger partial charge in [-0.05, 0) is 25.0 Å². The summed E-state index contributed by atoms with van der Waals surface area (Å²) >= 11 is 0. The van der Waals surface area contributed by atoms with Gasteiger partial charge in [0.25, 0.3) is 5.09 Å². The van der Waals surface area contributed by atoms with E-state index in [1.54, 1.807) is 0 Å². The molecule has 0 bridgehead atoms. The summed E-state index contributed by atoms with van der Waals surface area (Å²) in [6.45, 7) is 3.64. The van der Waals surface area contributed by atoms with Gasteiger partial charge in [0, 0.05) is 6.42 Å². The van der Waals surface area contributed by atoms with E-state index in [0.717, 1.165) is 11.3 Å². The van der Waals surface area contributed by atoms with Gasteiger partial charge in [-0.2, -0.15) is 0 Å². The molecule has 27 heavy (non-hydrogen) atoms. The van der Waals surface area contributed by atoms with Crippen molar-refractivity contribution in [2.24, 2.45) is 0 Å². The molecule has 1 rings (SSSR count). The van der Waals surface area contributed by atoms with Crippen LogP contribution in [0.2, 0.25) is 0 Å². The molecule has 1 aromatic carbocycles. The average molecular weight is 384 g/mol. The first-order chi connectivity index (χ1) is 12.7. The molecule has 0 saturated carbocycles. The monoisotopic (exact) mass is 384 g/mol. The van der Waals surface area contributed by atoms with Crippen LogP contribution in [-0.2, 0) is 9.63 Å². The Balaban J connectivity index is 2.23. The van der Waals surface area contributed by atoms with Gasteiger partial charge in [0.2, 0.25) is 5.91 Å².